The molecule has 0 radical (unpaired) electrons. The number of nitrogens with zero attached hydrogens (tertiary/aromatic N) is 2. The highest BCUT2D eigenvalue weighted by molar-refractivity contribution is 6.12. The summed E-state index contributed by atoms with van der Waals surface area (Å²) in [5, 5.41) is 10.0. The minimum Gasteiger partial charge on any atom is -0.309 e. The van der Waals surface area contributed by atoms with Gasteiger partial charge in [-0.1, -0.05) is 246 Å². The van der Waals surface area contributed by atoms with Gasteiger partial charge >= 0.3 is 0 Å². The van der Waals surface area contributed by atoms with Gasteiger partial charge in [0.25, 0.3) is 0 Å². The van der Waals surface area contributed by atoms with Crippen molar-refractivity contribution in [2.45, 2.75) is 38.5 Å². The molecule has 406 valence electrons. The number of rotatable bonds is 8. The Bertz CT molecular complexity index is 5040. The Hall–Kier alpha value is -10.5. The van der Waals surface area contributed by atoms with Gasteiger partial charge < -0.3 is 9.13 Å². The van der Waals surface area contributed by atoms with E-state index in [2.05, 4.69) is 328 Å². The lowest BCUT2D eigenvalue weighted by molar-refractivity contribution is 0.652. The maximum absolute atomic E-state index is 2.52. The lowest BCUT2D eigenvalue weighted by Crippen LogP contribution is -2.17. The van der Waals surface area contributed by atoms with Crippen molar-refractivity contribution in [2.24, 2.45) is 0 Å². The summed E-state index contributed by atoms with van der Waals surface area (Å²) in [7, 11) is 0. The standard InChI is InChI=1S/C84H60N2/c1-83(2)75-45-55(23-21-53-25-31-59(32-26-53)63-37-43-81-73(49-63)69-17-9-11-19-79(69)85(81)65-39-35-57-13-5-7-15-61(57)47-65)29-41-67(75)71-52-78-72(51-77(71)83)68-42-30-56(46-76(68)84(78,3)4)24-22-54-27-33-60(34-28-54)64-38-44-82-74(50-64)70-18-10-12-20-80(70)86(82)66-40-36-58-14-6-8-16-62(58)48-66/h5-52H,1-4H3/b23-21+,24-22+. The van der Waals surface area contributed by atoms with Gasteiger partial charge in [0.2, 0.25) is 0 Å². The Morgan fingerprint density at radius 3 is 1.03 bits per heavy atom. The normalized spacial score (nSPS) is 13.9. The molecule has 2 nitrogen and oxygen atoms in total. The Balaban J connectivity index is 0.600. The third-order valence-electron chi connectivity index (χ3n) is 19.3. The SMILES string of the molecule is CC1(C)c2cc(/C=C/c3ccc(-c4ccc5c(c4)c4ccccc4n5-c4ccc5ccccc5c4)cc3)ccc2-c2cc3c(cc21)-c1ccc(/C=C/c2ccc(-c4ccc5c(c4)c4ccccc4n5-c4ccc5ccccc5c4)cc2)cc1C3(C)C. The van der Waals surface area contributed by atoms with Gasteiger partial charge in [0.05, 0.1) is 22.1 Å². The van der Waals surface area contributed by atoms with Gasteiger partial charge in [-0.25, -0.2) is 0 Å². The second kappa shape index (κ2) is 19.0. The quantitative estimate of drug-likeness (QED) is 0.134. The lowest BCUT2D eigenvalue weighted by atomic mass is 9.79. The molecule has 0 aliphatic heterocycles. The average molecular weight is 1100 g/mol. The molecule has 0 bridgehead atoms. The minimum absolute atomic E-state index is 0.148. The molecule has 2 heteroatoms. The molecule has 0 atom stereocenters. The number of hydrogen-bond acceptors (Lipinski definition) is 0. The van der Waals surface area contributed by atoms with Gasteiger partial charge in [0.1, 0.15) is 0 Å². The third-order valence-corrected chi connectivity index (χ3v) is 19.3. The van der Waals surface area contributed by atoms with Crippen LogP contribution in [0.15, 0.2) is 267 Å². The highest BCUT2D eigenvalue weighted by atomic mass is 15.0. The molecule has 2 aliphatic carbocycles. The van der Waals surface area contributed by atoms with E-state index >= 15 is 0 Å². The second-order valence-corrected chi connectivity index (χ2v) is 24.9. The molecule has 2 heterocycles. The van der Waals surface area contributed by atoms with Crippen molar-refractivity contribution in [3.8, 4) is 55.9 Å². The van der Waals surface area contributed by atoms with Crippen molar-refractivity contribution in [2.75, 3.05) is 0 Å². The summed E-state index contributed by atoms with van der Waals surface area (Å²) in [6, 6.07) is 99.4. The van der Waals surface area contributed by atoms with Crippen molar-refractivity contribution in [1.29, 1.82) is 0 Å². The summed E-state index contributed by atoms with van der Waals surface area (Å²) in [6.07, 6.45) is 9.06. The Labute approximate surface area is 501 Å². The predicted molar refractivity (Wildman–Crippen MR) is 367 cm³/mol. The van der Waals surface area contributed by atoms with E-state index in [9.17, 15) is 0 Å². The van der Waals surface area contributed by atoms with Crippen molar-refractivity contribution in [3.63, 3.8) is 0 Å². The number of para-hydroxylation sites is 2. The second-order valence-electron chi connectivity index (χ2n) is 24.9. The number of fused-ring (bicyclic) bond motifs is 14. The number of benzene rings is 13. The maximum atomic E-state index is 2.52. The lowest BCUT2D eigenvalue weighted by Gasteiger charge is -2.24. The van der Waals surface area contributed by atoms with Crippen LogP contribution in [0.3, 0.4) is 0 Å². The van der Waals surface area contributed by atoms with Crippen molar-refractivity contribution in [3.05, 3.63) is 311 Å². The molecule has 0 saturated carbocycles. The molecule has 17 rings (SSSR count). The summed E-state index contributed by atoms with van der Waals surface area (Å²) in [6.45, 7) is 9.62. The molecule has 0 saturated heterocycles. The molecule has 0 N–H and O–H groups in total. The van der Waals surface area contributed by atoms with Crippen molar-refractivity contribution < 1.29 is 0 Å². The Morgan fingerprint density at radius 2 is 0.593 bits per heavy atom. The highest BCUT2D eigenvalue weighted by Crippen LogP contribution is 2.56. The molecular weight excluding hydrogens is 1040 g/mol. The Kier molecular flexibility index (Phi) is 11.0. The van der Waals surface area contributed by atoms with Gasteiger partial charge in [0, 0.05) is 43.7 Å². The van der Waals surface area contributed by atoms with Crippen molar-refractivity contribution in [1.82, 2.24) is 9.13 Å². The van der Waals surface area contributed by atoms with Gasteiger partial charge in [-0.3, -0.25) is 0 Å². The molecule has 13 aromatic carbocycles. The first-order chi connectivity index (χ1) is 42.1. The number of hydrogen-bond donors (Lipinski definition) is 0. The van der Waals surface area contributed by atoms with Crippen LogP contribution in [0.2, 0.25) is 0 Å². The molecule has 86 heavy (non-hydrogen) atoms. The van der Waals surface area contributed by atoms with E-state index < -0.39 is 0 Å². The van der Waals surface area contributed by atoms with Gasteiger partial charge in [-0.15, -0.1) is 0 Å². The third kappa shape index (κ3) is 7.86. The molecular formula is C84H60N2. The van der Waals surface area contributed by atoms with Gasteiger partial charge in [-0.2, -0.15) is 0 Å². The van der Waals surface area contributed by atoms with Gasteiger partial charge in [0.15, 0.2) is 0 Å². The van der Waals surface area contributed by atoms with E-state index in [1.807, 2.05) is 0 Å². The minimum atomic E-state index is -0.148. The average Bonchev–Trinajstić information content (AvgIpc) is 1.74. The Morgan fingerprint density at radius 1 is 0.244 bits per heavy atom. The highest BCUT2D eigenvalue weighted by Gasteiger charge is 2.42. The van der Waals surface area contributed by atoms with E-state index in [1.54, 1.807) is 0 Å². The van der Waals surface area contributed by atoms with Crippen LogP contribution < -0.4 is 0 Å². The van der Waals surface area contributed by atoms with E-state index in [0.29, 0.717) is 0 Å². The fourth-order valence-corrected chi connectivity index (χ4v) is 14.7. The van der Waals surface area contributed by atoms with E-state index in [0.717, 1.165) is 0 Å². The summed E-state index contributed by atoms with van der Waals surface area (Å²) >= 11 is 0. The molecule has 0 fully saturated rings. The predicted octanol–water partition coefficient (Wildman–Crippen LogP) is 22.5. The zero-order chi connectivity index (χ0) is 57.4. The zero-order valence-electron chi connectivity index (χ0n) is 48.6. The fourth-order valence-electron chi connectivity index (χ4n) is 14.7. The van der Waals surface area contributed by atoms with Crippen LogP contribution in [0.1, 0.15) is 72.2 Å². The fraction of sp³-hybridized carbons (Fsp3) is 0.0714. The molecule has 0 spiro atoms. The van der Waals surface area contributed by atoms with Crippen LogP contribution in [0.4, 0.5) is 0 Å². The summed E-state index contributed by atoms with van der Waals surface area (Å²) < 4.78 is 4.81. The molecule has 0 amide bonds. The number of aromatic nitrogens is 2. The zero-order valence-corrected chi connectivity index (χ0v) is 48.6. The monoisotopic (exact) mass is 1100 g/mol. The first-order valence-electron chi connectivity index (χ1n) is 30.2. The van der Waals surface area contributed by atoms with E-state index in [1.165, 1.54) is 166 Å². The topological polar surface area (TPSA) is 9.86 Å². The van der Waals surface area contributed by atoms with Crippen LogP contribution >= 0.6 is 0 Å². The van der Waals surface area contributed by atoms with Crippen LogP contribution in [0, 0.1) is 0 Å². The van der Waals surface area contributed by atoms with Crippen LogP contribution in [-0.2, 0) is 10.8 Å². The largest absolute Gasteiger partial charge is 0.309 e. The summed E-state index contributed by atoms with van der Waals surface area (Å²) in [5.74, 6) is 0. The molecule has 0 unspecified atom stereocenters. The van der Waals surface area contributed by atoms with Gasteiger partial charge in [-0.05, 0) is 183 Å². The summed E-state index contributed by atoms with van der Waals surface area (Å²) in [5.41, 5.74) is 27.6. The van der Waals surface area contributed by atoms with Crippen LogP contribution in [0.25, 0.3) is 145 Å². The molecule has 2 aliphatic rings. The first-order valence-corrected chi connectivity index (χ1v) is 30.2. The molecule has 15 aromatic rings. The van der Waals surface area contributed by atoms with E-state index in [-0.39, 0.29) is 10.8 Å². The smallest absolute Gasteiger partial charge is 0.0541 e. The summed E-state index contributed by atoms with van der Waals surface area (Å²) in [4.78, 5) is 0. The van der Waals surface area contributed by atoms with Crippen LogP contribution in [0.5, 0.6) is 0 Å². The molecule has 2 aromatic heterocycles. The maximum Gasteiger partial charge on any atom is 0.0541 e. The first kappa shape index (κ1) is 50.0. The van der Waals surface area contributed by atoms with E-state index in [4.69, 9.17) is 0 Å². The van der Waals surface area contributed by atoms with Crippen LogP contribution in [-0.4, -0.2) is 9.13 Å². The van der Waals surface area contributed by atoms with Crippen molar-refractivity contribution >= 4 is 89.5 Å².